The molecule has 20 heavy (non-hydrogen) atoms. The number of hydrogen-bond donors (Lipinski definition) is 1. The molecular formula is C16H24N2O2. The van der Waals surface area contributed by atoms with E-state index in [1.165, 1.54) is 11.1 Å². The van der Waals surface area contributed by atoms with Gasteiger partial charge < -0.3 is 15.2 Å². The van der Waals surface area contributed by atoms with E-state index in [2.05, 4.69) is 17.0 Å². The average molecular weight is 276 g/mol. The SMILES string of the molecule is COc1ccc2c(c1)C(N)C(N1CCCOCC1)CC2. The predicted molar refractivity (Wildman–Crippen MR) is 79.0 cm³/mol. The van der Waals surface area contributed by atoms with Crippen molar-refractivity contribution in [3.05, 3.63) is 29.3 Å². The smallest absolute Gasteiger partial charge is 0.119 e. The zero-order valence-electron chi connectivity index (χ0n) is 12.2. The van der Waals surface area contributed by atoms with E-state index in [0.29, 0.717) is 6.04 Å². The third-order valence-corrected chi connectivity index (χ3v) is 4.56. The number of fused-ring (bicyclic) bond motifs is 1. The quantitative estimate of drug-likeness (QED) is 0.893. The highest BCUT2D eigenvalue weighted by atomic mass is 16.5. The molecule has 2 aliphatic rings. The summed E-state index contributed by atoms with van der Waals surface area (Å²) < 4.78 is 10.9. The first-order valence-corrected chi connectivity index (χ1v) is 7.54. The Morgan fingerprint density at radius 1 is 1.30 bits per heavy atom. The summed E-state index contributed by atoms with van der Waals surface area (Å²) >= 11 is 0. The average Bonchev–Trinajstić information content (AvgIpc) is 2.76. The van der Waals surface area contributed by atoms with Crippen LogP contribution in [0.15, 0.2) is 18.2 Å². The second kappa shape index (κ2) is 6.12. The summed E-state index contributed by atoms with van der Waals surface area (Å²) in [6, 6.07) is 6.81. The van der Waals surface area contributed by atoms with Crippen LogP contribution in [0.5, 0.6) is 5.75 Å². The zero-order valence-corrected chi connectivity index (χ0v) is 12.2. The van der Waals surface area contributed by atoms with E-state index in [9.17, 15) is 0 Å². The molecule has 0 bridgehead atoms. The molecule has 1 aliphatic heterocycles. The second-order valence-electron chi connectivity index (χ2n) is 5.70. The van der Waals surface area contributed by atoms with Crippen molar-refractivity contribution in [1.29, 1.82) is 0 Å². The minimum absolute atomic E-state index is 0.0759. The minimum Gasteiger partial charge on any atom is -0.497 e. The highest BCUT2D eigenvalue weighted by Crippen LogP contribution is 2.34. The van der Waals surface area contributed by atoms with E-state index in [-0.39, 0.29) is 6.04 Å². The minimum atomic E-state index is 0.0759. The van der Waals surface area contributed by atoms with Gasteiger partial charge in [0.15, 0.2) is 0 Å². The summed E-state index contributed by atoms with van der Waals surface area (Å²) in [6.07, 6.45) is 3.35. The van der Waals surface area contributed by atoms with E-state index in [0.717, 1.165) is 51.3 Å². The van der Waals surface area contributed by atoms with Gasteiger partial charge in [-0.3, -0.25) is 4.90 Å². The molecule has 2 atom stereocenters. The summed E-state index contributed by atoms with van der Waals surface area (Å²) in [5.41, 5.74) is 9.19. The van der Waals surface area contributed by atoms with Gasteiger partial charge in [0.05, 0.1) is 13.7 Å². The number of benzene rings is 1. The van der Waals surface area contributed by atoms with Crippen LogP contribution in [0.3, 0.4) is 0 Å². The zero-order chi connectivity index (χ0) is 13.9. The topological polar surface area (TPSA) is 47.7 Å². The Kier molecular flexibility index (Phi) is 4.24. The number of rotatable bonds is 2. The van der Waals surface area contributed by atoms with Crippen molar-refractivity contribution in [2.45, 2.75) is 31.3 Å². The van der Waals surface area contributed by atoms with Gasteiger partial charge in [0.2, 0.25) is 0 Å². The molecular weight excluding hydrogens is 252 g/mol. The van der Waals surface area contributed by atoms with Gasteiger partial charge >= 0.3 is 0 Å². The highest BCUT2D eigenvalue weighted by molar-refractivity contribution is 5.40. The lowest BCUT2D eigenvalue weighted by atomic mass is 9.83. The van der Waals surface area contributed by atoms with Crippen LogP contribution in [0.25, 0.3) is 0 Å². The van der Waals surface area contributed by atoms with E-state index in [1.54, 1.807) is 7.11 Å². The predicted octanol–water partition coefficient (Wildman–Crippen LogP) is 1.73. The van der Waals surface area contributed by atoms with Crippen LogP contribution < -0.4 is 10.5 Å². The van der Waals surface area contributed by atoms with E-state index in [1.807, 2.05) is 6.07 Å². The molecule has 4 nitrogen and oxygen atoms in total. The summed E-state index contributed by atoms with van der Waals surface area (Å²) in [6.45, 7) is 3.80. The number of nitrogens with zero attached hydrogens (tertiary/aromatic N) is 1. The Morgan fingerprint density at radius 2 is 2.20 bits per heavy atom. The second-order valence-corrected chi connectivity index (χ2v) is 5.70. The molecule has 1 fully saturated rings. The Morgan fingerprint density at radius 3 is 3.05 bits per heavy atom. The van der Waals surface area contributed by atoms with Crippen LogP contribution in [-0.4, -0.2) is 44.4 Å². The first-order valence-electron chi connectivity index (χ1n) is 7.54. The van der Waals surface area contributed by atoms with Crippen molar-refractivity contribution in [1.82, 2.24) is 4.90 Å². The van der Waals surface area contributed by atoms with Crippen LogP contribution in [0, 0.1) is 0 Å². The first kappa shape index (κ1) is 13.9. The fourth-order valence-electron chi connectivity index (χ4n) is 3.43. The van der Waals surface area contributed by atoms with Gasteiger partial charge in [0, 0.05) is 31.8 Å². The summed E-state index contributed by atoms with van der Waals surface area (Å²) in [5.74, 6) is 0.902. The molecule has 2 unspecified atom stereocenters. The Balaban J connectivity index is 1.81. The largest absolute Gasteiger partial charge is 0.497 e. The third kappa shape index (κ3) is 2.68. The third-order valence-electron chi connectivity index (χ3n) is 4.56. The molecule has 1 aliphatic carbocycles. The normalized spacial score (nSPS) is 27.7. The van der Waals surface area contributed by atoms with Crippen molar-refractivity contribution < 1.29 is 9.47 Å². The lowest BCUT2D eigenvalue weighted by molar-refractivity contribution is 0.120. The van der Waals surface area contributed by atoms with Crippen molar-refractivity contribution in [3.63, 3.8) is 0 Å². The van der Waals surface area contributed by atoms with Gasteiger partial charge in [-0.25, -0.2) is 0 Å². The Labute approximate surface area is 120 Å². The van der Waals surface area contributed by atoms with Gasteiger partial charge in [-0.05, 0) is 42.5 Å². The van der Waals surface area contributed by atoms with Crippen molar-refractivity contribution in [2.75, 3.05) is 33.4 Å². The van der Waals surface area contributed by atoms with Crippen molar-refractivity contribution in [2.24, 2.45) is 5.73 Å². The van der Waals surface area contributed by atoms with Gasteiger partial charge in [-0.1, -0.05) is 6.07 Å². The molecule has 0 aromatic heterocycles. The Bertz CT molecular complexity index is 456. The van der Waals surface area contributed by atoms with E-state index in [4.69, 9.17) is 15.2 Å². The molecule has 0 radical (unpaired) electrons. The number of nitrogens with two attached hydrogens (primary N) is 1. The lowest BCUT2D eigenvalue weighted by Crippen LogP contribution is -2.46. The van der Waals surface area contributed by atoms with Gasteiger partial charge in [0.1, 0.15) is 5.75 Å². The number of ether oxygens (including phenoxy) is 2. The van der Waals surface area contributed by atoms with Gasteiger partial charge in [-0.15, -0.1) is 0 Å². The molecule has 1 saturated heterocycles. The molecule has 110 valence electrons. The monoisotopic (exact) mass is 276 g/mol. The fraction of sp³-hybridized carbons (Fsp3) is 0.625. The first-order chi connectivity index (χ1) is 9.79. The maximum absolute atomic E-state index is 6.56. The van der Waals surface area contributed by atoms with Crippen LogP contribution in [0.2, 0.25) is 0 Å². The van der Waals surface area contributed by atoms with Crippen LogP contribution >= 0.6 is 0 Å². The number of aryl methyl sites for hydroxylation is 1. The van der Waals surface area contributed by atoms with Gasteiger partial charge in [-0.2, -0.15) is 0 Å². The molecule has 1 aromatic rings. The molecule has 1 aromatic carbocycles. The summed E-state index contributed by atoms with van der Waals surface area (Å²) in [7, 11) is 1.71. The number of hydrogen-bond acceptors (Lipinski definition) is 4. The lowest BCUT2D eigenvalue weighted by Gasteiger charge is -2.38. The molecule has 0 amide bonds. The standard InChI is InChI=1S/C16H24N2O2/c1-19-13-5-3-12-4-6-15(16(17)14(12)11-13)18-7-2-9-20-10-8-18/h3,5,11,15-16H,2,4,6-10,17H2,1H3. The Hall–Kier alpha value is -1.10. The fourth-order valence-corrected chi connectivity index (χ4v) is 3.43. The van der Waals surface area contributed by atoms with Gasteiger partial charge in [0.25, 0.3) is 0 Å². The number of methoxy groups -OCH3 is 1. The van der Waals surface area contributed by atoms with Crippen molar-refractivity contribution in [3.8, 4) is 5.75 Å². The maximum atomic E-state index is 6.56. The highest BCUT2D eigenvalue weighted by Gasteiger charge is 2.31. The van der Waals surface area contributed by atoms with Crippen LogP contribution in [-0.2, 0) is 11.2 Å². The van der Waals surface area contributed by atoms with Crippen LogP contribution in [0.1, 0.15) is 30.0 Å². The van der Waals surface area contributed by atoms with Crippen molar-refractivity contribution >= 4 is 0 Å². The summed E-state index contributed by atoms with van der Waals surface area (Å²) in [5, 5.41) is 0. The molecule has 0 saturated carbocycles. The molecule has 1 heterocycles. The molecule has 2 N–H and O–H groups in total. The van der Waals surface area contributed by atoms with E-state index >= 15 is 0 Å². The summed E-state index contributed by atoms with van der Waals surface area (Å²) in [4.78, 5) is 2.51. The molecule has 4 heteroatoms. The molecule has 0 spiro atoms. The maximum Gasteiger partial charge on any atom is 0.119 e. The van der Waals surface area contributed by atoms with Crippen LogP contribution in [0.4, 0.5) is 0 Å². The van der Waals surface area contributed by atoms with E-state index < -0.39 is 0 Å². The molecule has 3 rings (SSSR count).